The van der Waals surface area contributed by atoms with E-state index in [4.69, 9.17) is 4.99 Å². The average Bonchev–Trinajstić information content (AvgIpc) is 2.68. The third kappa shape index (κ3) is 2.94. The molecule has 2 aromatic rings. The van der Waals surface area contributed by atoms with Gasteiger partial charge in [-0.15, -0.1) is 0 Å². The molecule has 0 saturated carbocycles. The van der Waals surface area contributed by atoms with Gasteiger partial charge in [0.05, 0.1) is 17.9 Å². The predicted octanol–water partition coefficient (Wildman–Crippen LogP) is 4.69. The van der Waals surface area contributed by atoms with E-state index in [-0.39, 0.29) is 5.41 Å². The Bertz CT molecular complexity index is 701. The number of fused-ring (bicyclic) bond motifs is 1. The first kappa shape index (κ1) is 13.7. The van der Waals surface area contributed by atoms with Gasteiger partial charge in [-0.25, -0.2) is 4.99 Å². The fourth-order valence-corrected chi connectivity index (χ4v) is 2.42. The third-order valence-electron chi connectivity index (χ3n) is 3.75. The van der Waals surface area contributed by atoms with Gasteiger partial charge in [0.1, 0.15) is 0 Å². The van der Waals surface area contributed by atoms with Crippen LogP contribution in [0.5, 0.6) is 0 Å². The highest BCUT2D eigenvalue weighted by molar-refractivity contribution is 6.39. The summed E-state index contributed by atoms with van der Waals surface area (Å²) < 4.78 is 0. The molecule has 0 radical (unpaired) electrons. The molecule has 0 aliphatic carbocycles. The largest absolute Gasteiger partial charge is 0.286 e. The molecule has 0 amide bonds. The number of hydrogen-bond donors (Lipinski definition) is 0. The summed E-state index contributed by atoms with van der Waals surface area (Å²) in [5.74, 6) is 0. The smallest absolute Gasteiger partial charge is 0.0887 e. The van der Waals surface area contributed by atoms with E-state index in [1.54, 1.807) is 0 Å². The fraction of sp³-hybridized carbons (Fsp3) is 0.263. The van der Waals surface area contributed by atoms with Gasteiger partial charge in [0.25, 0.3) is 0 Å². The Hall–Kier alpha value is -2.22. The van der Waals surface area contributed by atoms with Crippen LogP contribution in [0.4, 0.5) is 5.69 Å². The molecule has 0 spiro atoms. The van der Waals surface area contributed by atoms with Crippen molar-refractivity contribution in [3.8, 4) is 0 Å². The van der Waals surface area contributed by atoms with E-state index in [0.717, 1.165) is 17.0 Å². The second kappa shape index (κ2) is 5.28. The number of aliphatic imine (C=N–C) groups is 2. The average molecular weight is 276 g/mol. The van der Waals surface area contributed by atoms with Crippen molar-refractivity contribution in [3.63, 3.8) is 0 Å². The number of nitrogens with zero attached hydrogens (tertiary/aromatic N) is 2. The van der Waals surface area contributed by atoms with Gasteiger partial charge < -0.3 is 0 Å². The van der Waals surface area contributed by atoms with Crippen molar-refractivity contribution in [1.82, 2.24) is 0 Å². The van der Waals surface area contributed by atoms with Gasteiger partial charge in [-0.1, -0.05) is 63.2 Å². The van der Waals surface area contributed by atoms with E-state index in [1.807, 2.05) is 24.4 Å². The minimum absolute atomic E-state index is 0.171. The minimum Gasteiger partial charge on any atom is -0.286 e. The monoisotopic (exact) mass is 276 g/mol. The van der Waals surface area contributed by atoms with Gasteiger partial charge in [0, 0.05) is 11.8 Å². The Morgan fingerprint density at radius 3 is 2.33 bits per heavy atom. The zero-order valence-electron chi connectivity index (χ0n) is 12.8. The van der Waals surface area contributed by atoms with E-state index in [0.29, 0.717) is 6.54 Å². The molecule has 0 N–H and O–H groups in total. The van der Waals surface area contributed by atoms with Crippen LogP contribution in [0, 0.1) is 0 Å². The van der Waals surface area contributed by atoms with Crippen molar-refractivity contribution in [2.24, 2.45) is 9.98 Å². The van der Waals surface area contributed by atoms with Crippen molar-refractivity contribution in [2.45, 2.75) is 32.7 Å². The van der Waals surface area contributed by atoms with Crippen molar-refractivity contribution in [3.05, 3.63) is 65.2 Å². The van der Waals surface area contributed by atoms with Gasteiger partial charge in [0.2, 0.25) is 0 Å². The quantitative estimate of drug-likeness (QED) is 0.722. The molecule has 1 aliphatic heterocycles. The fourth-order valence-electron chi connectivity index (χ4n) is 2.42. The zero-order valence-corrected chi connectivity index (χ0v) is 12.8. The van der Waals surface area contributed by atoms with Gasteiger partial charge in [-0.3, -0.25) is 4.99 Å². The van der Waals surface area contributed by atoms with Gasteiger partial charge in [0.15, 0.2) is 0 Å². The molecule has 0 aromatic heterocycles. The summed E-state index contributed by atoms with van der Waals surface area (Å²) in [5.41, 5.74) is 5.74. The minimum atomic E-state index is 0.171. The molecule has 0 atom stereocenters. The molecular formula is C19H20N2. The van der Waals surface area contributed by atoms with E-state index in [9.17, 15) is 0 Å². The molecule has 2 heteroatoms. The van der Waals surface area contributed by atoms with E-state index < -0.39 is 0 Å². The zero-order chi connectivity index (χ0) is 14.9. The van der Waals surface area contributed by atoms with Crippen LogP contribution in [0.3, 0.4) is 0 Å². The van der Waals surface area contributed by atoms with E-state index in [1.165, 1.54) is 11.1 Å². The molecule has 3 rings (SSSR count). The molecule has 1 heterocycles. The lowest BCUT2D eigenvalue weighted by Gasteiger charge is -2.19. The molecule has 2 nitrogen and oxygen atoms in total. The van der Waals surface area contributed by atoms with Crippen LogP contribution in [-0.2, 0) is 12.0 Å². The first-order chi connectivity index (χ1) is 10.0. The second-order valence-corrected chi connectivity index (χ2v) is 6.42. The standard InChI is InChI=1S/C19H20N2/c1-19(2,3)16-10-8-14(9-11-16)18-13-20-12-15-6-4-5-7-17(15)21-18/h4-11,13H,12H2,1-3H3. The normalized spacial score (nSPS) is 14.3. The Morgan fingerprint density at radius 2 is 1.62 bits per heavy atom. The topological polar surface area (TPSA) is 24.7 Å². The predicted molar refractivity (Wildman–Crippen MR) is 90.0 cm³/mol. The highest BCUT2D eigenvalue weighted by Crippen LogP contribution is 2.25. The molecule has 106 valence electrons. The lowest BCUT2D eigenvalue weighted by Crippen LogP contribution is -2.11. The number of benzene rings is 2. The molecule has 2 aromatic carbocycles. The lowest BCUT2D eigenvalue weighted by atomic mass is 9.86. The van der Waals surface area contributed by atoms with Gasteiger partial charge in [-0.05, 0) is 22.6 Å². The lowest BCUT2D eigenvalue weighted by molar-refractivity contribution is 0.590. The highest BCUT2D eigenvalue weighted by Gasteiger charge is 2.14. The van der Waals surface area contributed by atoms with Crippen LogP contribution >= 0.6 is 0 Å². The van der Waals surface area contributed by atoms with Crippen LogP contribution in [0.15, 0.2) is 58.5 Å². The highest BCUT2D eigenvalue weighted by atomic mass is 14.8. The second-order valence-electron chi connectivity index (χ2n) is 6.42. The molecule has 0 unspecified atom stereocenters. The Labute approximate surface area is 126 Å². The third-order valence-corrected chi connectivity index (χ3v) is 3.75. The van der Waals surface area contributed by atoms with Crippen molar-refractivity contribution in [1.29, 1.82) is 0 Å². The number of rotatable bonds is 1. The van der Waals surface area contributed by atoms with Crippen LogP contribution in [0.1, 0.15) is 37.5 Å². The molecule has 0 bridgehead atoms. The first-order valence-corrected chi connectivity index (χ1v) is 7.31. The molecule has 21 heavy (non-hydrogen) atoms. The molecule has 1 aliphatic rings. The summed E-state index contributed by atoms with van der Waals surface area (Å²) in [6.45, 7) is 7.37. The Balaban J connectivity index is 1.99. The maximum atomic E-state index is 4.77. The van der Waals surface area contributed by atoms with Crippen molar-refractivity contribution >= 4 is 17.6 Å². The van der Waals surface area contributed by atoms with Crippen LogP contribution in [0.2, 0.25) is 0 Å². The summed E-state index contributed by atoms with van der Waals surface area (Å²) in [5, 5.41) is 0. The number of hydrogen-bond acceptors (Lipinski definition) is 2. The van der Waals surface area contributed by atoms with Gasteiger partial charge >= 0.3 is 0 Å². The summed E-state index contributed by atoms with van der Waals surface area (Å²) in [7, 11) is 0. The van der Waals surface area contributed by atoms with Crippen LogP contribution in [0.25, 0.3) is 0 Å². The van der Waals surface area contributed by atoms with Crippen molar-refractivity contribution < 1.29 is 0 Å². The summed E-state index contributed by atoms with van der Waals surface area (Å²) in [6.07, 6.45) is 1.88. The molecule has 0 fully saturated rings. The number of para-hydroxylation sites is 1. The van der Waals surface area contributed by atoms with E-state index in [2.05, 4.69) is 56.1 Å². The maximum Gasteiger partial charge on any atom is 0.0887 e. The first-order valence-electron chi connectivity index (χ1n) is 7.31. The molecular weight excluding hydrogens is 256 g/mol. The maximum absolute atomic E-state index is 4.77. The van der Waals surface area contributed by atoms with Crippen LogP contribution in [-0.4, -0.2) is 11.9 Å². The SMILES string of the molecule is CC(C)(C)c1ccc(C2=Nc3ccccc3CN=C2)cc1. The van der Waals surface area contributed by atoms with Gasteiger partial charge in [-0.2, -0.15) is 0 Å². The summed E-state index contributed by atoms with van der Waals surface area (Å²) >= 11 is 0. The summed E-state index contributed by atoms with van der Waals surface area (Å²) in [4.78, 5) is 9.25. The van der Waals surface area contributed by atoms with Crippen LogP contribution < -0.4 is 0 Å². The Kier molecular flexibility index (Phi) is 3.46. The Morgan fingerprint density at radius 1 is 0.905 bits per heavy atom. The molecule has 0 saturated heterocycles. The van der Waals surface area contributed by atoms with E-state index >= 15 is 0 Å². The van der Waals surface area contributed by atoms with Crippen molar-refractivity contribution in [2.75, 3.05) is 0 Å². The summed E-state index contributed by atoms with van der Waals surface area (Å²) in [6, 6.07) is 16.8.